The minimum atomic E-state index is -3.69. The summed E-state index contributed by atoms with van der Waals surface area (Å²) in [4.78, 5) is 12.6. The molecule has 0 atom stereocenters. The molecule has 1 N–H and O–H groups in total. The fourth-order valence-corrected chi connectivity index (χ4v) is 4.61. The second kappa shape index (κ2) is 9.01. The van der Waals surface area contributed by atoms with E-state index in [9.17, 15) is 13.2 Å². The van der Waals surface area contributed by atoms with Gasteiger partial charge in [0.25, 0.3) is 15.9 Å². The van der Waals surface area contributed by atoms with Gasteiger partial charge in [-0.25, -0.2) is 13.8 Å². The third-order valence-electron chi connectivity index (χ3n) is 4.76. The molecule has 10 heteroatoms. The molecule has 0 aliphatic carbocycles. The normalized spacial score (nSPS) is 12.7. The van der Waals surface area contributed by atoms with Crippen LogP contribution in [0.1, 0.15) is 15.9 Å². The summed E-state index contributed by atoms with van der Waals surface area (Å²) >= 11 is 3.42. The minimum Gasteiger partial charge on any atom is -0.454 e. The molecule has 164 valence electrons. The van der Waals surface area contributed by atoms with Gasteiger partial charge < -0.3 is 9.47 Å². The predicted molar refractivity (Wildman–Crippen MR) is 124 cm³/mol. The maximum Gasteiger partial charge on any atom is 0.271 e. The lowest BCUT2D eigenvalue weighted by Crippen LogP contribution is -2.26. The highest BCUT2D eigenvalue weighted by Gasteiger charge is 2.21. The van der Waals surface area contributed by atoms with Crippen molar-refractivity contribution in [3.8, 4) is 11.5 Å². The van der Waals surface area contributed by atoms with E-state index in [0.29, 0.717) is 28.3 Å². The molecule has 0 aromatic heterocycles. The van der Waals surface area contributed by atoms with Crippen molar-refractivity contribution in [2.45, 2.75) is 4.90 Å². The molecule has 0 saturated carbocycles. The number of benzene rings is 3. The molecule has 0 unspecified atom stereocenters. The van der Waals surface area contributed by atoms with Crippen molar-refractivity contribution in [1.29, 1.82) is 0 Å². The van der Waals surface area contributed by atoms with Crippen LogP contribution in [-0.2, 0) is 10.0 Å². The molecule has 1 aliphatic heterocycles. The van der Waals surface area contributed by atoms with Gasteiger partial charge in [-0.1, -0.05) is 18.2 Å². The largest absolute Gasteiger partial charge is 0.454 e. The van der Waals surface area contributed by atoms with Crippen LogP contribution in [0.15, 0.2) is 81.2 Å². The number of nitrogens with zero attached hydrogens (tertiary/aromatic N) is 2. The standard InChI is InChI=1S/C22H18BrN3O5S/c1-26(32(28,29)18-5-3-2-4-6-18)17-9-7-15(8-10-17)22(27)25-24-13-16-11-20-21(12-19(16)23)31-14-30-20/h2-13H,14H2,1H3,(H,25,27)/b24-13+. The second-order valence-corrected chi connectivity index (χ2v) is 9.58. The van der Waals surface area contributed by atoms with Gasteiger partial charge in [0.2, 0.25) is 6.79 Å². The molecule has 0 radical (unpaired) electrons. The van der Waals surface area contributed by atoms with Gasteiger partial charge in [-0.05, 0) is 64.5 Å². The molecule has 0 spiro atoms. The number of carbonyl (C=O) groups excluding carboxylic acids is 1. The number of hydrogen-bond acceptors (Lipinski definition) is 6. The van der Waals surface area contributed by atoms with Crippen molar-refractivity contribution in [2.75, 3.05) is 18.1 Å². The zero-order valence-electron chi connectivity index (χ0n) is 16.9. The number of ether oxygens (including phenoxy) is 2. The quantitative estimate of drug-likeness (QED) is 0.398. The summed E-state index contributed by atoms with van der Waals surface area (Å²) in [6.07, 6.45) is 1.48. The van der Waals surface area contributed by atoms with Crippen LogP contribution in [0.3, 0.4) is 0 Å². The van der Waals surface area contributed by atoms with Gasteiger partial charge in [0.15, 0.2) is 11.5 Å². The molecule has 8 nitrogen and oxygen atoms in total. The Bertz CT molecular complexity index is 1280. The number of sulfonamides is 1. The van der Waals surface area contributed by atoms with Crippen molar-refractivity contribution in [2.24, 2.45) is 5.10 Å². The van der Waals surface area contributed by atoms with E-state index in [1.807, 2.05) is 0 Å². The predicted octanol–water partition coefficient (Wildman–Crippen LogP) is 3.77. The van der Waals surface area contributed by atoms with Crippen molar-refractivity contribution in [3.05, 3.63) is 82.3 Å². The molecule has 4 rings (SSSR count). The Morgan fingerprint density at radius 3 is 2.41 bits per heavy atom. The summed E-state index contributed by atoms with van der Waals surface area (Å²) in [5, 5.41) is 3.98. The van der Waals surface area contributed by atoms with E-state index in [4.69, 9.17) is 9.47 Å². The van der Waals surface area contributed by atoms with E-state index in [2.05, 4.69) is 26.5 Å². The molecule has 0 bridgehead atoms. The first-order chi connectivity index (χ1) is 15.4. The molecular formula is C22H18BrN3O5S. The van der Waals surface area contributed by atoms with Crippen molar-refractivity contribution in [1.82, 2.24) is 5.43 Å². The second-order valence-electron chi connectivity index (χ2n) is 6.76. The third kappa shape index (κ3) is 4.46. The average molecular weight is 516 g/mol. The van der Waals surface area contributed by atoms with Gasteiger partial charge >= 0.3 is 0 Å². The Balaban J connectivity index is 1.43. The molecule has 3 aromatic carbocycles. The minimum absolute atomic E-state index is 0.164. The zero-order chi connectivity index (χ0) is 22.7. The Labute approximate surface area is 193 Å². The summed E-state index contributed by atoms with van der Waals surface area (Å²) in [6, 6.07) is 17.9. The van der Waals surface area contributed by atoms with Crippen molar-refractivity contribution >= 4 is 43.8 Å². The van der Waals surface area contributed by atoms with Crippen LogP contribution in [0.2, 0.25) is 0 Å². The lowest BCUT2D eigenvalue weighted by atomic mass is 10.2. The van der Waals surface area contributed by atoms with Gasteiger partial charge in [0, 0.05) is 22.6 Å². The first-order valence-corrected chi connectivity index (χ1v) is 11.7. The summed E-state index contributed by atoms with van der Waals surface area (Å²) in [7, 11) is -2.23. The highest BCUT2D eigenvalue weighted by Crippen LogP contribution is 2.36. The Morgan fingerprint density at radius 2 is 1.72 bits per heavy atom. The highest BCUT2D eigenvalue weighted by atomic mass is 79.9. The van der Waals surface area contributed by atoms with Gasteiger partial charge in [-0.3, -0.25) is 9.10 Å². The van der Waals surface area contributed by atoms with E-state index >= 15 is 0 Å². The molecule has 0 saturated heterocycles. The van der Waals surface area contributed by atoms with Gasteiger partial charge in [-0.15, -0.1) is 0 Å². The lowest BCUT2D eigenvalue weighted by Gasteiger charge is -2.19. The number of halogens is 1. The number of nitrogens with one attached hydrogen (secondary N) is 1. The van der Waals surface area contributed by atoms with Gasteiger partial charge in [0.05, 0.1) is 16.8 Å². The van der Waals surface area contributed by atoms with E-state index in [1.54, 1.807) is 42.5 Å². The van der Waals surface area contributed by atoms with E-state index in [0.717, 1.165) is 4.47 Å². The van der Waals surface area contributed by atoms with Crippen LogP contribution in [0.5, 0.6) is 11.5 Å². The summed E-state index contributed by atoms with van der Waals surface area (Å²) in [5.41, 5.74) is 3.92. The van der Waals surface area contributed by atoms with Crippen molar-refractivity contribution in [3.63, 3.8) is 0 Å². The topological polar surface area (TPSA) is 97.3 Å². The Kier molecular flexibility index (Phi) is 6.15. The maximum absolute atomic E-state index is 12.7. The van der Waals surface area contributed by atoms with Crippen LogP contribution in [0, 0.1) is 0 Å². The molecule has 1 amide bonds. The van der Waals surface area contributed by atoms with E-state index in [1.165, 1.54) is 41.8 Å². The van der Waals surface area contributed by atoms with E-state index < -0.39 is 15.9 Å². The number of amides is 1. The number of anilines is 1. The molecule has 0 fully saturated rings. The van der Waals surface area contributed by atoms with Crippen LogP contribution in [0.4, 0.5) is 5.69 Å². The first kappa shape index (κ1) is 21.8. The summed E-state index contributed by atoms with van der Waals surface area (Å²) < 4.78 is 38.0. The molecule has 32 heavy (non-hydrogen) atoms. The molecular weight excluding hydrogens is 498 g/mol. The summed E-state index contributed by atoms with van der Waals surface area (Å²) in [5.74, 6) is 0.807. The molecule has 3 aromatic rings. The van der Waals surface area contributed by atoms with Crippen LogP contribution >= 0.6 is 15.9 Å². The smallest absolute Gasteiger partial charge is 0.271 e. The Hall–Kier alpha value is -3.37. The molecule has 1 heterocycles. The zero-order valence-corrected chi connectivity index (χ0v) is 19.3. The average Bonchev–Trinajstić information content (AvgIpc) is 3.26. The first-order valence-electron chi connectivity index (χ1n) is 9.43. The van der Waals surface area contributed by atoms with Crippen molar-refractivity contribution < 1.29 is 22.7 Å². The number of carbonyl (C=O) groups is 1. The fraction of sp³-hybridized carbons (Fsp3) is 0.0909. The van der Waals surface area contributed by atoms with Crippen LogP contribution in [0.25, 0.3) is 0 Å². The van der Waals surface area contributed by atoms with E-state index in [-0.39, 0.29) is 11.7 Å². The maximum atomic E-state index is 12.7. The van der Waals surface area contributed by atoms with Gasteiger partial charge in [0.1, 0.15) is 0 Å². The lowest BCUT2D eigenvalue weighted by molar-refractivity contribution is 0.0955. The third-order valence-corrected chi connectivity index (χ3v) is 7.24. The number of fused-ring (bicyclic) bond motifs is 1. The number of hydrazone groups is 1. The van der Waals surface area contributed by atoms with Crippen LogP contribution in [-0.4, -0.2) is 34.4 Å². The highest BCUT2D eigenvalue weighted by molar-refractivity contribution is 9.10. The molecule has 1 aliphatic rings. The van der Waals surface area contributed by atoms with Gasteiger partial charge in [-0.2, -0.15) is 5.10 Å². The Morgan fingerprint density at radius 1 is 1.06 bits per heavy atom. The summed E-state index contributed by atoms with van der Waals surface area (Å²) in [6.45, 7) is 0.164. The fourth-order valence-electron chi connectivity index (χ4n) is 2.97. The SMILES string of the molecule is CN(c1ccc(C(=O)N/N=C/c2cc3c(cc2Br)OCO3)cc1)S(=O)(=O)c1ccccc1. The van der Waals surface area contributed by atoms with Crippen LogP contribution < -0.4 is 19.2 Å². The number of rotatable bonds is 6. The number of hydrogen-bond donors (Lipinski definition) is 1. The monoisotopic (exact) mass is 515 g/mol.